The third-order valence-corrected chi connectivity index (χ3v) is 3.75. The van der Waals surface area contributed by atoms with Crippen molar-refractivity contribution in [1.29, 1.82) is 0 Å². The molecule has 0 N–H and O–H groups in total. The quantitative estimate of drug-likeness (QED) is 0.410. The van der Waals surface area contributed by atoms with Crippen LogP contribution in [0, 0.1) is 11.6 Å². The molecule has 0 heterocycles. The molecule has 3 nitrogen and oxygen atoms in total. The molecule has 0 aliphatic carbocycles. The van der Waals surface area contributed by atoms with Gasteiger partial charge in [-0.2, -0.15) is 8.78 Å². The summed E-state index contributed by atoms with van der Waals surface area (Å²) in [5, 5.41) is 0. The molecule has 138 valence electrons. The highest BCUT2D eigenvalue weighted by molar-refractivity contribution is 6.01. The fourth-order valence-corrected chi connectivity index (χ4v) is 2.45. The number of ether oxygens (including phenoxy) is 1. The molecule has 2 aromatic rings. The number of ketones is 1. The van der Waals surface area contributed by atoms with Crippen LogP contribution < -0.4 is 0 Å². The van der Waals surface area contributed by atoms with E-state index in [1.807, 2.05) is 0 Å². The molecule has 2 aromatic carbocycles. The lowest BCUT2D eigenvalue weighted by Crippen LogP contribution is -2.34. The molecule has 0 aliphatic heterocycles. The average Bonchev–Trinajstić information content (AvgIpc) is 2.61. The van der Waals surface area contributed by atoms with Crippen molar-refractivity contribution in [3.63, 3.8) is 0 Å². The maximum Gasteiger partial charge on any atom is 0.377 e. The van der Waals surface area contributed by atoms with Gasteiger partial charge in [-0.15, -0.1) is 0 Å². The fraction of sp³-hybridized carbons (Fsp3) is 0.263. The summed E-state index contributed by atoms with van der Waals surface area (Å²) in [5.74, 6) is -9.00. The Kier molecular flexibility index (Phi) is 6.13. The molecule has 0 radical (unpaired) electrons. The number of hydrogen-bond acceptors (Lipinski definition) is 3. The molecule has 7 heteroatoms. The van der Waals surface area contributed by atoms with Crippen LogP contribution in [0.4, 0.5) is 17.6 Å². The summed E-state index contributed by atoms with van der Waals surface area (Å²) in [7, 11) is 0. The van der Waals surface area contributed by atoms with Crippen LogP contribution >= 0.6 is 0 Å². The third-order valence-electron chi connectivity index (χ3n) is 3.75. The number of hydrogen-bond donors (Lipinski definition) is 0. The number of rotatable bonds is 7. The predicted octanol–water partition coefficient (Wildman–Crippen LogP) is 4.52. The SMILES string of the molecule is CCOC(=O)C(F)(F)C[C@H](C(=O)c1ccc(F)cc1)c1ccc(F)cc1. The number of alkyl halides is 2. The molecule has 0 spiro atoms. The van der Waals surface area contributed by atoms with Crippen LogP contribution in [0.3, 0.4) is 0 Å². The Hall–Kier alpha value is -2.70. The van der Waals surface area contributed by atoms with E-state index in [9.17, 15) is 27.2 Å². The zero-order chi connectivity index (χ0) is 19.3. The van der Waals surface area contributed by atoms with Crippen molar-refractivity contribution < 1.29 is 31.9 Å². The van der Waals surface area contributed by atoms with Crippen LogP contribution in [0.5, 0.6) is 0 Å². The number of carbonyl (C=O) groups is 2. The van der Waals surface area contributed by atoms with E-state index in [1.54, 1.807) is 0 Å². The summed E-state index contributed by atoms with van der Waals surface area (Å²) >= 11 is 0. The summed E-state index contributed by atoms with van der Waals surface area (Å²) in [6.07, 6.45) is -1.15. The molecular weight excluding hydrogens is 352 g/mol. The topological polar surface area (TPSA) is 43.4 Å². The highest BCUT2D eigenvalue weighted by Gasteiger charge is 2.44. The molecule has 0 saturated carbocycles. The van der Waals surface area contributed by atoms with Crippen molar-refractivity contribution in [3.05, 3.63) is 71.3 Å². The van der Waals surface area contributed by atoms with E-state index in [2.05, 4.69) is 4.74 Å². The molecule has 0 amide bonds. The minimum absolute atomic E-state index is 0.000355. The third kappa shape index (κ3) is 4.68. The van der Waals surface area contributed by atoms with E-state index in [4.69, 9.17) is 0 Å². The largest absolute Gasteiger partial charge is 0.462 e. The first-order chi connectivity index (χ1) is 12.2. The molecule has 0 aliphatic rings. The first kappa shape index (κ1) is 19.6. The summed E-state index contributed by atoms with van der Waals surface area (Å²) in [4.78, 5) is 24.2. The summed E-state index contributed by atoms with van der Waals surface area (Å²) in [6.45, 7) is 1.15. The molecule has 2 rings (SSSR count). The van der Waals surface area contributed by atoms with Crippen LogP contribution in [0.25, 0.3) is 0 Å². The fourth-order valence-electron chi connectivity index (χ4n) is 2.45. The lowest BCUT2D eigenvalue weighted by atomic mass is 9.86. The first-order valence-corrected chi connectivity index (χ1v) is 7.85. The summed E-state index contributed by atoms with van der Waals surface area (Å²) < 4.78 is 58.9. The Balaban J connectivity index is 2.38. The van der Waals surface area contributed by atoms with Gasteiger partial charge in [0.1, 0.15) is 11.6 Å². The molecule has 26 heavy (non-hydrogen) atoms. The van der Waals surface area contributed by atoms with Gasteiger partial charge in [0.25, 0.3) is 0 Å². The Labute approximate surface area is 147 Å². The lowest BCUT2D eigenvalue weighted by Gasteiger charge is -2.22. The van der Waals surface area contributed by atoms with E-state index < -0.39 is 41.6 Å². The van der Waals surface area contributed by atoms with E-state index in [0.717, 1.165) is 36.4 Å². The van der Waals surface area contributed by atoms with Gasteiger partial charge in [-0.3, -0.25) is 4.79 Å². The van der Waals surface area contributed by atoms with Crippen LogP contribution in [-0.2, 0) is 9.53 Å². The highest BCUT2D eigenvalue weighted by atomic mass is 19.3. The number of carbonyl (C=O) groups excluding carboxylic acids is 2. The van der Waals surface area contributed by atoms with E-state index >= 15 is 0 Å². The number of halogens is 4. The minimum Gasteiger partial charge on any atom is -0.462 e. The van der Waals surface area contributed by atoms with Gasteiger partial charge in [-0.1, -0.05) is 12.1 Å². The first-order valence-electron chi connectivity index (χ1n) is 7.85. The van der Waals surface area contributed by atoms with Gasteiger partial charge in [-0.05, 0) is 48.9 Å². The van der Waals surface area contributed by atoms with Crippen molar-refractivity contribution in [1.82, 2.24) is 0 Å². The zero-order valence-corrected chi connectivity index (χ0v) is 13.8. The van der Waals surface area contributed by atoms with Gasteiger partial charge in [0.15, 0.2) is 5.78 Å². The van der Waals surface area contributed by atoms with E-state index in [-0.39, 0.29) is 17.7 Å². The molecule has 0 fully saturated rings. The van der Waals surface area contributed by atoms with Crippen molar-refractivity contribution in [2.24, 2.45) is 0 Å². The normalized spacial score (nSPS) is 12.5. The second kappa shape index (κ2) is 8.12. The standard InChI is InChI=1S/C19H16F4O3/c1-2-26-18(25)19(22,23)11-16(12-3-7-14(20)8-4-12)17(24)13-5-9-15(21)10-6-13/h3-10,16H,2,11H2,1H3/t16-/m0/s1. The number of Topliss-reactive ketones (excluding diaryl/α,β-unsaturated/α-hetero) is 1. The Morgan fingerprint density at radius 2 is 1.46 bits per heavy atom. The average molecular weight is 368 g/mol. The van der Waals surface area contributed by atoms with Crippen molar-refractivity contribution in [2.75, 3.05) is 6.61 Å². The number of esters is 1. The van der Waals surface area contributed by atoms with Crippen molar-refractivity contribution in [3.8, 4) is 0 Å². The number of benzene rings is 2. The molecule has 0 unspecified atom stereocenters. The molecule has 0 saturated heterocycles. The highest BCUT2D eigenvalue weighted by Crippen LogP contribution is 2.34. The van der Waals surface area contributed by atoms with Gasteiger partial charge in [0, 0.05) is 12.0 Å². The van der Waals surface area contributed by atoms with Gasteiger partial charge in [0.2, 0.25) is 0 Å². The van der Waals surface area contributed by atoms with Crippen LogP contribution in [0.1, 0.15) is 35.2 Å². The van der Waals surface area contributed by atoms with Crippen LogP contribution in [-0.4, -0.2) is 24.3 Å². The van der Waals surface area contributed by atoms with Gasteiger partial charge in [0.05, 0.1) is 12.5 Å². The molecule has 0 aromatic heterocycles. The summed E-state index contributed by atoms with van der Waals surface area (Å²) in [5.41, 5.74) is 0.116. The van der Waals surface area contributed by atoms with Crippen molar-refractivity contribution >= 4 is 11.8 Å². The zero-order valence-electron chi connectivity index (χ0n) is 13.8. The molecule has 1 atom stereocenters. The Bertz CT molecular complexity index is 770. The lowest BCUT2D eigenvalue weighted by molar-refractivity contribution is -0.172. The Morgan fingerprint density at radius 1 is 0.962 bits per heavy atom. The van der Waals surface area contributed by atoms with Gasteiger partial charge < -0.3 is 4.74 Å². The van der Waals surface area contributed by atoms with Crippen molar-refractivity contribution in [2.45, 2.75) is 25.2 Å². The monoisotopic (exact) mass is 368 g/mol. The smallest absolute Gasteiger partial charge is 0.377 e. The van der Waals surface area contributed by atoms with E-state index in [0.29, 0.717) is 0 Å². The summed E-state index contributed by atoms with van der Waals surface area (Å²) in [6, 6.07) is 8.83. The maximum absolute atomic E-state index is 14.2. The van der Waals surface area contributed by atoms with Gasteiger partial charge in [-0.25, -0.2) is 13.6 Å². The van der Waals surface area contributed by atoms with E-state index in [1.165, 1.54) is 19.1 Å². The van der Waals surface area contributed by atoms with Crippen LogP contribution in [0.2, 0.25) is 0 Å². The maximum atomic E-state index is 14.2. The second-order valence-electron chi connectivity index (χ2n) is 5.60. The molecule has 0 bridgehead atoms. The predicted molar refractivity (Wildman–Crippen MR) is 86.1 cm³/mol. The second-order valence-corrected chi connectivity index (χ2v) is 5.60. The molecular formula is C19H16F4O3. The minimum atomic E-state index is -3.91. The Morgan fingerprint density at radius 3 is 1.96 bits per heavy atom. The van der Waals surface area contributed by atoms with Gasteiger partial charge >= 0.3 is 11.9 Å². The van der Waals surface area contributed by atoms with Crippen LogP contribution in [0.15, 0.2) is 48.5 Å².